The lowest BCUT2D eigenvalue weighted by Gasteiger charge is -2.19. The van der Waals surface area contributed by atoms with Gasteiger partial charge in [-0.15, -0.1) is 0 Å². The molecule has 1 aromatic heterocycles. The van der Waals surface area contributed by atoms with Crippen molar-refractivity contribution in [2.24, 2.45) is 0 Å². The topological polar surface area (TPSA) is 64.0 Å². The van der Waals surface area contributed by atoms with Crippen LogP contribution in [0.5, 0.6) is 0 Å². The van der Waals surface area contributed by atoms with E-state index in [0.29, 0.717) is 17.0 Å². The fraction of sp³-hybridized carbons (Fsp3) is 0.261. The van der Waals surface area contributed by atoms with Gasteiger partial charge in [-0.05, 0) is 68.9 Å². The lowest BCUT2D eigenvalue weighted by atomic mass is 9.90. The van der Waals surface area contributed by atoms with Gasteiger partial charge in [0.15, 0.2) is 0 Å². The highest BCUT2D eigenvalue weighted by molar-refractivity contribution is 6.47. The SMILES string of the molecule is Cc1nn(-c2ccccc2)c(C)c1C(=O)C(=O)Nc1cccc2c1CCCC2. The van der Waals surface area contributed by atoms with E-state index in [0.717, 1.165) is 36.2 Å². The number of hydrogen-bond donors (Lipinski definition) is 1. The zero-order valence-electron chi connectivity index (χ0n) is 16.2. The first-order valence-electron chi connectivity index (χ1n) is 9.64. The van der Waals surface area contributed by atoms with Crippen molar-refractivity contribution in [1.82, 2.24) is 9.78 Å². The van der Waals surface area contributed by atoms with Crippen LogP contribution in [0.15, 0.2) is 48.5 Å². The minimum Gasteiger partial charge on any atom is -0.319 e. The van der Waals surface area contributed by atoms with Crippen molar-refractivity contribution < 1.29 is 9.59 Å². The van der Waals surface area contributed by atoms with Crippen LogP contribution in [-0.2, 0) is 17.6 Å². The van der Waals surface area contributed by atoms with Gasteiger partial charge < -0.3 is 5.32 Å². The summed E-state index contributed by atoms with van der Waals surface area (Å²) in [7, 11) is 0. The second-order valence-electron chi connectivity index (χ2n) is 7.23. The van der Waals surface area contributed by atoms with Crippen LogP contribution < -0.4 is 5.32 Å². The predicted octanol–water partition coefficient (Wildman–Crippen LogP) is 4.19. The zero-order valence-corrected chi connectivity index (χ0v) is 16.2. The molecule has 0 aliphatic heterocycles. The molecule has 2 aromatic carbocycles. The van der Waals surface area contributed by atoms with E-state index in [2.05, 4.69) is 16.5 Å². The molecule has 0 saturated carbocycles. The molecule has 0 fully saturated rings. The van der Waals surface area contributed by atoms with Gasteiger partial charge in [-0.3, -0.25) is 9.59 Å². The highest BCUT2D eigenvalue weighted by atomic mass is 16.2. The average molecular weight is 373 g/mol. The Balaban J connectivity index is 1.62. The first-order chi connectivity index (χ1) is 13.6. The monoisotopic (exact) mass is 373 g/mol. The highest BCUT2D eigenvalue weighted by Gasteiger charge is 2.26. The normalized spacial score (nSPS) is 13.1. The number of Topliss-reactive ketones (excluding diaryl/α,β-unsaturated/α-hetero) is 1. The standard InChI is InChI=1S/C23H23N3O2/c1-15-21(16(2)26(25-15)18-11-4-3-5-12-18)22(27)23(28)24-20-14-8-10-17-9-6-7-13-19(17)20/h3-5,8,10-12,14H,6-7,9,13H2,1-2H3,(H,24,28). The molecule has 1 aliphatic carbocycles. The van der Waals surface area contributed by atoms with Crippen LogP contribution >= 0.6 is 0 Å². The number of nitrogens with one attached hydrogen (secondary N) is 1. The van der Waals surface area contributed by atoms with Gasteiger partial charge in [0.1, 0.15) is 0 Å². The number of aryl methyl sites for hydroxylation is 2. The molecule has 0 atom stereocenters. The summed E-state index contributed by atoms with van der Waals surface area (Å²) in [6.45, 7) is 3.58. The predicted molar refractivity (Wildman–Crippen MR) is 109 cm³/mol. The molecule has 5 heteroatoms. The van der Waals surface area contributed by atoms with Gasteiger partial charge in [-0.1, -0.05) is 30.3 Å². The Hall–Kier alpha value is -3.21. The van der Waals surface area contributed by atoms with Gasteiger partial charge >= 0.3 is 0 Å². The molecule has 1 aliphatic rings. The number of carbonyl (C=O) groups is 2. The molecule has 0 bridgehead atoms. The van der Waals surface area contributed by atoms with Crippen LogP contribution in [0, 0.1) is 13.8 Å². The number of ketones is 1. The second-order valence-corrected chi connectivity index (χ2v) is 7.23. The Morgan fingerprint density at radius 2 is 1.71 bits per heavy atom. The Kier molecular flexibility index (Phi) is 4.82. The van der Waals surface area contributed by atoms with Crippen LogP contribution in [-0.4, -0.2) is 21.5 Å². The number of hydrogen-bond acceptors (Lipinski definition) is 3. The van der Waals surface area contributed by atoms with Gasteiger partial charge in [0.2, 0.25) is 0 Å². The zero-order chi connectivity index (χ0) is 19.7. The molecule has 4 rings (SSSR count). The molecule has 1 heterocycles. The summed E-state index contributed by atoms with van der Waals surface area (Å²) in [6, 6.07) is 15.5. The maximum atomic E-state index is 12.9. The van der Waals surface area contributed by atoms with Crippen molar-refractivity contribution in [2.45, 2.75) is 39.5 Å². The molecule has 0 spiro atoms. The summed E-state index contributed by atoms with van der Waals surface area (Å²) in [5, 5.41) is 7.32. The van der Waals surface area contributed by atoms with E-state index in [1.165, 1.54) is 12.0 Å². The quantitative estimate of drug-likeness (QED) is 0.551. The number of benzene rings is 2. The second kappa shape index (κ2) is 7.43. The van der Waals surface area contributed by atoms with Crippen molar-refractivity contribution in [3.05, 3.63) is 76.6 Å². The Morgan fingerprint density at radius 1 is 0.964 bits per heavy atom. The number of para-hydroxylation sites is 1. The van der Waals surface area contributed by atoms with Crippen molar-refractivity contribution in [1.29, 1.82) is 0 Å². The molecule has 3 aromatic rings. The molecule has 1 N–H and O–H groups in total. The van der Waals surface area contributed by atoms with Crippen LogP contribution in [0.25, 0.3) is 5.69 Å². The van der Waals surface area contributed by atoms with E-state index >= 15 is 0 Å². The molecular weight excluding hydrogens is 350 g/mol. The van der Waals surface area contributed by atoms with Gasteiger partial charge in [-0.25, -0.2) is 4.68 Å². The minimum absolute atomic E-state index is 0.367. The van der Waals surface area contributed by atoms with Crippen LogP contribution in [0.2, 0.25) is 0 Å². The van der Waals surface area contributed by atoms with Gasteiger partial charge in [0.05, 0.1) is 22.6 Å². The van der Waals surface area contributed by atoms with E-state index < -0.39 is 11.7 Å². The van der Waals surface area contributed by atoms with Crippen molar-refractivity contribution >= 4 is 17.4 Å². The number of amides is 1. The fourth-order valence-corrected chi connectivity index (χ4v) is 3.98. The molecule has 0 saturated heterocycles. The smallest absolute Gasteiger partial charge is 0.296 e. The fourth-order valence-electron chi connectivity index (χ4n) is 3.98. The minimum atomic E-state index is -0.613. The van der Waals surface area contributed by atoms with Crippen LogP contribution in [0.3, 0.4) is 0 Å². The van der Waals surface area contributed by atoms with Gasteiger partial charge in [0, 0.05) is 5.69 Å². The lowest BCUT2D eigenvalue weighted by molar-refractivity contribution is -0.112. The number of aromatic nitrogens is 2. The molecule has 142 valence electrons. The van der Waals surface area contributed by atoms with E-state index in [4.69, 9.17) is 0 Å². The summed E-state index contributed by atoms with van der Waals surface area (Å²) < 4.78 is 1.71. The summed E-state index contributed by atoms with van der Waals surface area (Å²) in [5.74, 6) is -1.16. The summed E-state index contributed by atoms with van der Waals surface area (Å²) in [6.07, 6.45) is 4.23. The summed E-state index contributed by atoms with van der Waals surface area (Å²) in [4.78, 5) is 25.7. The molecule has 1 amide bonds. The Labute approximate surface area is 164 Å². The van der Waals surface area contributed by atoms with Crippen LogP contribution in [0.4, 0.5) is 5.69 Å². The van der Waals surface area contributed by atoms with E-state index in [1.807, 2.05) is 49.4 Å². The van der Waals surface area contributed by atoms with Crippen molar-refractivity contribution in [2.75, 3.05) is 5.32 Å². The third-order valence-corrected chi connectivity index (χ3v) is 5.37. The molecule has 0 unspecified atom stereocenters. The maximum absolute atomic E-state index is 12.9. The Morgan fingerprint density at radius 3 is 2.50 bits per heavy atom. The number of fused-ring (bicyclic) bond motifs is 1. The van der Waals surface area contributed by atoms with Crippen molar-refractivity contribution in [3.63, 3.8) is 0 Å². The van der Waals surface area contributed by atoms with E-state index in [9.17, 15) is 9.59 Å². The highest BCUT2D eigenvalue weighted by Crippen LogP contribution is 2.28. The van der Waals surface area contributed by atoms with E-state index in [-0.39, 0.29) is 0 Å². The number of carbonyl (C=O) groups excluding carboxylic acids is 2. The maximum Gasteiger partial charge on any atom is 0.296 e. The van der Waals surface area contributed by atoms with E-state index in [1.54, 1.807) is 11.6 Å². The molecule has 28 heavy (non-hydrogen) atoms. The number of rotatable bonds is 4. The van der Waals surface area contributed by atoms with Gasteiger partial charge in [-0.2, -0.15) is 5.10 Å². The number of anilines is 1. The third kappa shape index (κ3) is 3.24. The third-order valence-electron chi connectivity index (χ3n) is 5.37. The Bertz CT molecular complexity index is 1050. The summed E-state index contributed by atoms with van der Waals surface area (Å²) in [5.41, 5.74) is 5.62. The molecular formula is C23H23N3O2. The van der Waals surface area contributed by atoms with Gasteiger partial charge in [0.25, 0.3) is 11.7 Å². The number of nitrogens with zero attached hydrogens (tertiary/aromatic N) is 2. The first-order valence-corrected chi connectivity index (χ1v) is 9.64. The summed E-state index contributed by atoms with van der Waals surface area (Å²) >= 11 is 0. The molecule has 5 nitrogen and oxygen atoms in total. The lowest BCUT2D eigenvalue weighted by Crippen LogP contribution is -2.25. The first kappa shape index (κ1) is 18.2. The average Bonchev–Trinajstić information content (AvgIpc) is 3.02. The van der Waals surface area contributed by atoms with Crippen molar-refractivity contribution in [3.8, 4) is 5.69 Å². The largest absolute Gasteiger partial charge is 0.319 e. The molecule has 0 radical (unpaired) electrons. The van der Waals surface area contributed by atoms with Crippen LogP contribution in [0.1, 0.15) is 45.7 Å².